The first kappa shape index (κ1) is 16.0. The number of likely N-dealkylation sites (tertiary alicyclic amines) is 2. The van der Waals surface area contributed by atoms with Gasteiger partial charge in [-0.3, -0.25) is 14.7 Å². The van der Waals surface area contributed by atoms with Gasteiger partial charge in [-0.25, -0.2) is 4.39 Å². The highest BCUT2D eigenvalue weighted by Gasteiger charge is 2.45. The molecular weight excluding hydrogens is 309 g/mol. The minimum Gasteiger partial charge on any atom is -0.381 e. The first-order valence-electron chi connectivity index (χ1n) is 8.96. The molecule has 130 valence electrons. The topological polar surface area (TPSA) is 45.7 Å². The Balaban J connectivity index is 1.42. The lowest BCUT2D eigenvalue weighted by molar-refractivity contribution is 0.0502. The van der Waals surface area contributed by atoms with Gasteiger partial charge < -0.3 is 9.64 Å². The summed E-state index contributed by atoms with van der Waals surface area (Å²) in [6.45, 7) is 4.61. The summed E-state index contributed by atoms with van der Waals surface area (Å²) in [5, 5.41) is 0. The number of hydrogen-bond acceptors (Lipinski definition) is 4. The van der Waals surface area contributed by atoms with Gasteiger partial charge in [0.2, 0.25) is 0 Å². The van der Waals surface area contributed by atoms with Crippen LogP contribution in [0.5, 0.6) is 0 Å². The summed E-state index contributed by atoms with van der Waals surface area (Å²) in [7, 11) is 0. The fourth-order valence-electron chi connectivity index (χ4n) is 4.52. The molecule has 0 saturated carbocycles. The van der Waals surface area contributed by atoms with E-state index in [9.17, 15) is 9.18 Å². The maximum absolute atomic E-state index is 13.9. The van der Waals surface area contributed by atoms with E-state index in [1.165, 1.54) is 12.3 Å². The molecule has 3 saturated heterocycles. The van der Waals surface area contributed by atoms with Crippen molar-refractivity contribution in [1.29, 1.82) is 0 Å². The molecule has 5 nitrogen and oxygen atoms in total. The molecule has 1 aromatic heterocycles. The molecule has 1 amide bonds. The second-order valence-electron chi connectivity index (χ2n) is 7.12. The van der Waals surface area contributed by atoms with Gasteiger partial charge in [-0.15, -0.1) is 0 Å². The van der Waals surface area contributed by atoms with Gasteiger partial charge in [-0.2, -0.15) is 0 Å². The Bertz CT molecular complexity index is 606. The number of aromatic nitrogens is 1. The number of ether oxygens (including phenoxy) is 1. The molecule has 0 bridgehead atoms. The van der Waals surface area contributed by atoms with Crippen LogP contribution in [0.4, 0.5) is 4.39 Å². The maximum Gasteiger partial charge on any atom is 0.257 e. The molecule has 0 aliphatic carbocycles. The molecule has 0 spiro atoms. The van der Waals surface area contributed by atoms with Crippen molar-refractivity contribution >= 4 is 5.91 Å². The monoisotopic (exact) mass is 333 g/mol. The van der Waals surface area contributed by atoms with Crippen LogP contribution in [0.15, 0.2) is 18.5 Å². The molecule has 4 heterocycles. The largest absolute Gasteiger partial charge is 0.381 e. The molecule has 6 heteroatoms. The van der Waals surface area contributed by atoms with Gasteiger partial charge in [0, 0.05) is 51.1 Å². The smallest absolute Gasteiger partial charge is 0.257 e. The zero-order valence-corrected chi connectivity index (χ0v) is 13.9. The van der Waals surface area contributed by atoms with Crippen molar-refractivity contribution in [1.82, 2.24) is 14.8 Å². The van der Waals surface area contributed by atoms with Crippen LogP contribution in [0.1, 0.15) is 36.0 Å². The number of amides is 1. The van der Waals surface area contributed by atoms with Crippen molar-refractivity contribution in [2.24, 2.45) is 5.92 Å². The third kappa shape index (κ3) is 2.93. The molecule has 0 N–H and O–H groups in total. The number of nitrogens with zero attached hydrogens (tertiary/aromatic N) is 3. The number of fused-ring (bicyclic) bond motifs is 1. The van der Waals surface area contributed by atoms with Crippen molar-refractivity contribution in [3.8, 4) is 0 Å². The summed E-state index contributed by atoms with van der Waals surface area (Å²) in [5.74, 6) is -0.00165. The van der Waals surface area contributed by atoms with Gasteiger partial charge in [0.25, 0.3) is 5.91 Å². The van der Waals surface area contributed by atoms with Gasteiger partial charge in [-0.05, 0) is 37.7 Å². The molecule has 0 aromatic carbocycles. The molecule has 4 rings (SSSR count). The zero-order valence-electron chi connectivity index (χ0n) is 13.9. The molecule has 3 aliphatic rings. The Kier molecular flexibility index (Phi) is 4.50. The van der Waals surface area contributed by atoms with Gasteiger partial charge in [0.1, 0.15) is 0 Å². The van der Waals surface area contributed by atoms with Gasteiger partial charge in [0.15, 0.2) is 5.82 Å². The molecule has 2 atom stereocenters. The number of halogens is 1. The van der Waals surface area contributed by atoms with Crippen LogP contribution in [0.2, 0.25) is 0 Å². The highest BCUT2D eigenvalue weighted by Crippen LogP contribution is 2.34. The predicted molar refractivity (Wildman–Crippen MR) is 87.2 cm³/mol. The second kappa shape index (κ2) is 6.76. The Morgan fingerprint density at radius 1 is 1.21 bits per heavy atom. The van der Waals surface area contributed by atoms with E-state index in [0.29, 0.717) is 12.0 Å². The van der Waals surface area contributed by atoms with Crippen molar-refractivity contribution < 1.29 is 13.9 Å². The Morgan fingerprint density at radius 2 is 2.00 bits per heavy atom. The van der Waals surface area contributed by atoms with E-state index >= 15 is 0 Å². The number of rotatable bonds is 3. The van der Waals surface area contributed by atoms with Crippen molar-refractivity contribution in [2.75, 3.05) is 32.8 Å². The Labute approximate surface area is 141 Å². The number of pyridine rings is 1. The number of carbonyl (C=O) groups excluding carboxylic acids is 1. The molecule has 0 radical (unpaired) electrons. The zero-order chi connectivity index (χ0) is 16.5. The van der Waals surface area contributed by atoms with Crippen LogP contribution in [0.3, 0.4) is 0 Å². The summed E-state index contributed by atoms with van der Waals surface area (Å²) in [6.07, 6.45) is 6.86. The highest BCUT2D eigenvalue weighted by molar-refractivity contribution is 5.94. The van der Waals surface area contributed by atoms with Crippen molar-refractivity contribution in [2.45, 2.75) is 37.8 Å². The third-order valence-corrected chi connectivity index (χ3v) is 5.79. The summed E-state index contributed by atoms with van der Waals surface area (Å²) >= 11 is 0. The SMILES string of the molecule is O=C(c1ccncc1F)N1CC[C@@H]2[C@@H]1CCN2CC1CCOCC1. The van der Waals surface area contributed by atoms with E-state index in [0.717, 1.165) is 64.7 Å². The average molecular weight is 333 g/mol. The van der Waals surface area contributed by atoms with Crippen molar-refractivity contribution in [3.63, 3.8) is 0 Å². The second-order valence-corrected chi connectivity index (χ2v) is 7.12. The van der Waals surface area contributed by atoms with Crippen LogP contribution in [-0.4, -0.2) is 65.6 Å². The maximum atomic E-state index is 13.9. The highest BCUT2D eigenvalue weighted by atomic mass is 19.1. The quantitative estimate of drug-likeness (QED) is 0.848. The minimum atomic E-state index is -0.525. The van der Waals surface area contributed by atoms with E-state index in [2.05, 4.69) is 9.88 Å². The standard InChI is InChI=1S/C18H24FN3O2/c19-15-11-20-6-1-14(15)18(23)22-8-3-16-17(22)2-7-21(16)12-13-4-9-24-10-5-13/h1,6,11,13,16-17H,2-5,7-10,12H2/t16-,17+/m1/s1. The Hall–Kier alpha value is -1.53. The van der Waals surface area contributed by atoms with Crippen LogP contribution >= 0.6 is 0 Å². The summed E-state index contributed by atoms with van der Waals surface area (Å²) in [5.41, 5.74) is 0.147. The van der Waals surface area contributed by atoms with Gasteiger partial charge in [-0.1, -0.05) is 0 Å². The van der Waals surface area contributed by atoms with E-state index in [1.807, 2.05) is 4.90 Å². The fourth-order valence-corrected chi connectivity index (χ4v) is 4.52. The van der Waals surface area contributed by atoms with E-state index < -0.39 is 5.82 Å². The average Bonchev–Trinajstić information content (AvgIpc) is 3.19. The lowest BCUT2D eigenvalue weighted by atomic mass is 9.99. The Morgan fingerprint density at radius 3 is 2.79 bits per heavy atom. The third-order valence-electron chi connectivity index (χ3n) is 5.79. The van der Waals surface area contributed by atoms with E-state index in [4.69, 9.17) is 4.74 Å². The van der Waals surface area contributed by atoms with Gasteiger partial charge in [0.05, 0.1) is 11.8 Å². The van der Waals surface area contributed by atoms with Gasteiger partial charge >= 0.3 is 0 Å². The molecule has 0 unspecified atom stereocenters. The fraction of sp³-hybridized carbons (Fsp3) is 0.667. The molecule has 3 fully saturated rings. The number of carbonyl (C=O) groups is 1. The summed E-state index contributed by atoms with van der Waals surface area (Å²) < 4.78 is 19.3. The molecule has 1 aromatic rings. The van der Waals surface area contributed by atoms with E-state index in [-0.39, 0.29) is 17.5 Å². The molecule has 24 heavy (non-hydrogen) atoms. The van der Waals surface area contributed by atoms with Crippen LogP contribution in [0, 0.1) is 11.7 Å². The number of hydrogen-bond donors (Lipinski definition) is 0. The van der Waals surface area contributed by atoms with Crippen LogP contribution < -0.4 is 0 Å². The lowest BCUT2D eigenvalue weighted by Gasteiger charge is -2.30. The van der Waals surface area contributed by atoms with Crippen molar-refractivity contribution in [3.05, 3.63) is 29.8 Å². The first-order valence-corrected chi connectivity index (χ1v) is 8.96. The summed E-state index contributed by atoms with van der Waals surface area (Å²) in [4.78, 5) is 20.9. The predicted octanol–water partition coefficient (Wildman–Crippen LogP) is 1.94. The minimum absolute atomic E-state index is 0.147. The molecular formula is C18H24FN3O2. The van der Waals surface area contributed by atoms with E-state index in [1.54, 1.807) is 0 Å². The normalized spacial score (nSPS) is 28.3. The summed E-state index contributed by atoms with van der Waals surface area (Å²) in [6, 6.07) is 2.14. The van der Waals surface area contributed by atoms with Crippen LogP contribution in [-0.2, 0) is 4.74 Å². The van der Waals surface area contributed by atoms with Crippen LogP contribution in [0.25, 0.3) is 0 Å². The molecule has 3 aliphatic heterocycles. The first-order chi connectivity index (χ1) is 11.7. The lowest BCUT2D eigenvalue weighted by Crippen LogP contribution is -2.41.